The Morgan fingerprint density at radius 2 is 2.08 bits per heavy atom. The van der Waals surface area contributed by atoms with Gasteiger partial charge in [-0.15, -0.1) is 0 Å². The van der Waals surface area contributed by atoms with Gasteiger partial charge in [0, 0.05) is 0 Å². The van der Waals surface area contributed by atoms with Gasteiger partial charge in [-0.05, 0) is 13.8 Å². The monoisotopic (exact) mass is 196 g/mol. The molecule has 0 saturated carbocycles. The van der Waals surface area contributed by atoms with Gasteiger partial charge in [-0.3, -0.25) is 9.35 Å². The highest BCUT2D eigenvalue weighted by Gasteiger charge is 2.21. The molecule has 0 amide bonds. The second-order valence-electron chi connectivity index (χ2n) is 2.33. The van der Waals surface area contributed by atoms with Gasteiger partial charge in [0.2, 0.25) is 0 Å². The lowest BCUT2D eigenvalue weighted by Crippen LogP contribution is -2.21. The van der Waals surface area contributed by atoms with E-state index < -0.39 is 21.3 Å². The molecular weight excluding hydrogens is 184 g/mol. The van der Waals surface area contributed by atoms with Crippen molar-refractivity contribution in [2.75, 3.05) is 6.61 Å². The number of carbonyl (C=O) groups is 1. The van der Waals surface area contributed by atoms with Crippen LogP contribution in [-0.2, 0) is 19.6 Å². The SMILES string of the molecule is CCOC(=O)CC(C)S(=O)(=O)O. The van der Waals surface area contributed by atoms with E-state index in [1.54, 1.807) is 6.92 Å². The van der Waals surface area contributed by atoms with Gasteiger partial charge in [0.15, 0.2) is 0 Å². The summed E-state index contributed by atoms with van der Waals surface area (Å²) in [6, 6.07) is 0. The van der Waals surface area contributed by atoms with Gasteiger partial charge in [0.1, 0.15) is 0 Å². The first kappa shape index (κ1) is 11.4. The molecule has 5 nitrogen and oxygen atoms in total. The second-order valence-corrected chi connectivity index (χ2v) is 4.17. The highest BCUT2D eigenvalue weighted by molar-refractivity contribution is 7.86. The van der Waals surface area contributed by atoms with E-state index in [0.29, 0.717) is 0 Å². The van der Waals surface area contributed by atoms with Crippen LogP contribution in [0, 0.1) is 0 Å². The van der Waals surface area contributed by atoms with Crippen LogP contribution in [0.25, 0.3) is 0 Å². The Labute approximate surface area is 71.5 Å². The maximum absolute atomic E-state index is 10.7. The van der Waals surface area contributed by atoms with Gasteiger partial charge in [0.05, 0.1) is 18.3 Å². The van der Waals surface area contributed by atoms with Crippen LogP contribution >= 0.6 is 0 Å². The van der Waals surface area contributed by atoms with Crippen molar-refractivity contribution in [2.24, 2.45) is 0 Å². The minimum Gasteiger partial charge on any atom is -0.466 e. The van der Waals surface area contributed by atoms with Crippen LogP contribution < -0.4 is 0 Å². The van der Waals surface area contributed by atoms with Crippen LogP contribution in [0.3, 0.4) is 0 Å². The Hall–Kier alpha value is -0.620. The highest BCUT2D eigenvalue weighted by Crippen LogP contribution is 2.03. The van der Waals surface area contributed by atoms with E-state index in [-0.39, 0.29) is 13.0 Å². The van der Waals surface area contributed by atoms with Crippen LogP contribution in [0.4, 0.5) is 0 Å². The molecule has 1 unspecified atom stereocenters. The normalized spacial score (nSPS) is 13.9. The fourth-order valence-electron chi connectivity index (χ4n) is 0.560. The van der Waals surface area contributed by atoms with Crippen LogP contribution in [0.15, 0.2) is 0 Å². The first-order chi connectivity index (χ1) is 5.38. The number of carbonyl (C=O) groups excluding carboxylic acids is 1. The lowest BCUT2D eigenvalue weighted by molar-refractivity contribution is -0.143. The number of rotatable bonds is 4. The molecule has 1 atom stereocenters. The predicted molar refractivity (Wildman–Crippen MR) is 42.3 cm³/mol. The zero-order valence-electron chi connectivity index (χ0n) is 6.98. The van der Waals surface area contributed by atoms with Crippen molar-refractivity contribution in [3.05, 3.63) is 0 Å². The molecule has 0 bridgehead atoms. The number of esters is 1. The zero-order valence-corrected chi connectivity index (χ0v) is 7.80. The summed E-state index contributed by atoms with van der Waals surface area (Å²) in [4.78, 5) is 10.7. The number of hydrogen-bond donors (Lipinski definition) is 1. The molecule has 0 radical (unpaired) electrons. The summed E-state index contributed by atoms with van der Waals surface area (Å²) in [7, 11) is -4.12. The minimum absolute atomic E-state index is 0.205. The fraction of sp³-hybridized carbons (Fsp3) is 0.833. The van der Waals surface area contributed by atoms with Crippen molar-refractivity contribution in [3.63, 3.8) is 0 Å². The zero-order chi connectivity index (χ0) is 9.78. The largest absolute Gasteiger partial charge is 0.466 e. The molecule has 0 aromatic rings. The van der Waals surface area contributed by atoms with Gasteiger partial charge in [-0.25, -0.2) is 0 Å². The third-order valence-electron chi connectivity index (χ3n) is 1.27. The Kier molecular flexibility index (Phi) is 4.19. The predicted octanol–water partition coefficient (Wildman–Crippen LogP) is 0.216. The molecule has 0 spiro atoms. The van der Waals surface area contributed by atoms with Crippen molar-refractivity contribution >= 4 is 16.1 Å². The van der Waals surface area contributed by atoms with Crippen LogP contribution in [-0.4, -0.2) is 30.8 Å². The molecule has 0 saturated heterocycles. The lowest BCUT2D eigenvalue weighted by Gasteiger charge is -2.06. The summed E-state index contributed by atoms with van der Waals surface area (Å²) in [5.41, 5.74) is 0. The Balaban J connectivity index is 4.02. The van der Waals surface area contributed by atoms with E-state index in [9.17, 15) is 13.2 Å². The van der Waals surface area contributed by atoms with Crippen LogP contribution in [0.2, 0.25) is 0 Å². The van der Waals surface area contributed by atoms with Crippen molar-refractivity contribution in [3.8, 4) is 0 Å². The second kappa shape index (κ2) is 4.42. The van der Waals surface area contributed by atoms with Gasteiger partial charge in [-0.1, -0.05) is 0 Å². The molecule has 72 valence electrons. The van der Waals surface area contributed by atoms with Crippen molar-refractivity contribution < 1.29 is 22.5 Å². The highest BCUT2D eigenvalue weighted by atomic mass is 32.2. The van der Waals surface area contributed by atoms with E-state index in [0.717, 1.165) is 0 Å². The maximum Gasteiger partial charge on any atom is 0.307 e. The van der Waals surface area contributed by atoms with Crippen molar-refractivity contribution in [1.82, 2.24) is 0 Å². The molecule has 12 heavy (non-hydrogen) atoms. The lowest BCUT2D eigenvalue weighted by atomic mass is 10.3. The molecule has 0 heterocycles. The third kappa shape index (κ3) is 4.30. The molecular formula is C6H12O5S. The summed E-state index contributed by atoms with van der Waals surface area (Å²) < 4.78 is 33.8. The molecule has 0 aliphatic carbocycles. The van der Waals surface area contributed by atoms with Gasteiger partial charge in [-0.2, -0.15) is 8.42 Å². The van der Waals surface area contributed by atoms with E-state index in [1.807, 2.05) is 0 Å². The number of ether oxygens (including phenoxy) is 1. The third-order valence-corrected chi connectivity index (χ3v) is 2.45. The summed E-state index contributed by atoms with van der Waals surface area (Å²) in [5, 5.41) is -1.10. The summed E-state index contributed by atoms with van der Waals surface area (Å²) in [5.74, 6) is -0.623. The minimum atomic E-state index is -4.12. The van der Waals surface area contributed by atoms with Crippen molar-refractivity contribution in [2.45, 2.75) is 25.5 Å². The summed E-state index contributed by atoms with van der Waals surface area (Å²) in [6.07, 6.45) is -0.313. The molecule has 0 rings (SSSR count). The fourth-order valence-corrected chi connectivity index (χ4v) is 0.907. The summed E-state index contributed by atoms with van der Waals surface area (Å²) in [6.45, 7) is 3.07. The van der Waals surface area contributed by atoms with Gasteiger partial charge >= 0.3 is 5.97 Å². The van der Waals surface area contributed by atoms with Crippen LogP contribution in [0.1, 0.15) is 20.3 Å². The Morgan fingerprint density at radius 1 is 1.58 bits per heavy atom. The van der Waals surface area contributed by atoms with E-state index in [1.165, 1.54) is 6.92 Å². The molecule has 0 aromatic carbocycles. The smallest absolute Gasteiger partial charge is 0.307 e. The summed E-state index contributed by atoms with van der Waals surface area (Å²) >= 11 is 0. The quantitative estimate of drug-likeness (QED) is 0.513. The number of hydrogen-bond acceptors (Lipinski definition) is 4. The molecule has 6 heteroatoms. The maximum atomic E-state index is 10.7. The Morgan fingerprint density at radius 3 is 2.42 bits per heavy atom. The first-order valence-electron chi connectivity index (χ1n) is 3.49. The van der Waals surface area contributed by atoms with E-state index >= 15 is 0 Å². The van der Waals surface area contributed by atoms with Gasteiger partial charge < -0.3 is 4.74 Å². The van der Waals surface area contributed by atoms with Crippen molar-refractivity contribution in [1.29, 1.82) is 0 Å². The van der Waals surface area contributed by atoms with E-state index in [4.69, 9.17) is 4.55 Å². The molecule has 0 aliphatic heterocycles. The Bertz CT molecular complexity index is 243. The molecule has 0 fully saturated rings. The van der Waals surface area contributed by atoms with E-state index in [2.05, 4.69) is 4.74 Å². The van der Waals surface area contributed by atoms with Gasteiger partial charge in [0.25, 0.3) is 10.1 Å². The standard InChI is InChI=1S/C6H12O5S/c1-3-11-6(7)4-5(2)12(8,9)10/h5H,3-4H2,1-2H3,(H,8,9,10). The molecule has 0 aliphatic rings. The molecule has 1 N–H and O–H groups in total. The molecule has 0 aromatic heterocycles. The average Bonchev–Trinajstić information content (AvgIpc) is 1.85. The average molecular weight is 196 g/mol. The topological polar surface area (TPSA) is 80.7 Å². The first-order valence-corrected chi connectivity index (χ1v) is 5.00. The van der Waals surface area contributed by atoms with Crippen LogP contribution in [0.5, 0.6) is 0 Å².